The molecular weight excluding hydrogens is 344 g/mol. The minimum atomic E-state index is 0.180. The Labute approximate surface area is 160 Å². The molecule has 0 saturated carbocycles. The molecule has 2 N–H and O–H groups in total. The molecule has 0 amide bonds. The maximum atomic E-state index is 10.2. The molecule has 0 radical (unpaired) electrons. The SMILES string of the molecule is Cc1ccc(C)c(NC(=S)N(Cc2ccccc2O)C[C@H]2CCCO2)c1. The third-order valence-corrected chi connectivity index (χ3v) is 5.08. The fraction of sp³-hybridized carbons (Fsp3) is 0.381. The van der Waals surface area contributed by atoms with Crippen molar-refractivity contribution >= 4 is 23.0 Å². The number of aromatic hydroxyl groups is 1. The zero-order valence-corrected chi connectivity index (χ0v) is 16.2. The molecule has 138 valence electrons. The molecule has 3 rings (SSSR count). The lowest BCUT2D eigenvalue weighted by atomic mass is 10.1. The van der Waals surface area contributed by atoms with E-state index in [2.05, 4.69) is 42.3 Å². The highest BCUT2D eigenvalue weighted by atomic mass is 32.1. The van der Waals surface area contributed by atoms with Gasteiger partial charge >= 0.3 is 0 Å². The van der Waals surface area contributed by atoms with Crippen molar-refractivity contribution in [3.05, 3.63) is 59.2 Å². The largest absolute Gasteiger partial charge is 0.508 e. The number of aryl methyl sites for hydroxylation is 2. The monoisotopic (exact) mass is 370 g/mol. The number of hydrogen-bond donors (Lipinski definition) is 2. The second-order valence-corrected chi connectivity index (χ2v) is 7.28. The minimum absolute atomic E-state index is 0.180. The average Bonchev–Trinajstić information content (AvgIpc) is 3.12. The highest BCUT2D eigenvalue weighted by Crippen LogP contribution is 2.22. The van der Waals surface area contributed by atoms with Gasteiger partial charge in [0, 0.05) is 30.9 Å². The lowest BCUT2D eigenvalue weighted by Crippen LogP contribution is -2.39. The van der Waals surface area contributed by atoms with Gasteiger partial charge in [0.2, 0.25) is 0 Å². The fourth-order valence-electron chi connectivity index (χ4n) is 3.17. The summed E-state index contributed by atoms with van der Waals surface area (Å²) in [5.74, 6) is 0.291. The number of phenolic OH excluding ortho intramolecular Hbond substituents is 1. The molecule has 0 aliphatic carbocycles. The third-order valence-electron chi connectivity index (χ3n) is 4.72. The number of phenols is 1. The first kappa shape index (κ1) is 18.7. The van der Waals surface area contributed by atoms with Gasteiger partial charge < -0.3 is 20.1 Å². The Balaban J connectivity index is 1.78. The molecule has 26 heavy (non-hydrogen) atoms. The van der Waals surface area contributed by atoms with Crippen LogP contribution in [0.4, 0.5) is 5.69 Å². The lowest BCUT2D eigenvalue weighted by Gasteiger charge is -2.29. The van der Waals surface area contributed by atoms with Gasteiger partial charge in [0.15, 0.2) is 5.11 Å². The predicted molar refractivity (Wildman–Crippen MR) is 110 cm³/mol. The van der Waals surface area contributed by atoms with Crippen LogP contribution in [0.2, 0.25) is 0 Å². The highest BCUT2D eigenvalue weighted by Gasteiger charge is 2.22. The van der Waals surface area contributed by atoms with Crippen LogP contribution in [-0.2, 0) is 11.3 Å². The van der Waals surface area contributed by atoms with Gasteiger partial charge in [0.1, 0.15) is 5.75 Å². The van der Waals surface area contributed by atoms with Crippen molar-refractivity contribution in [3.63, 3.8) is 0 Å². The first-order chi connectivity index (χ1) is 12.5. The fourth-order valence-corrected chi connectivity index (χ4v) is 3.42. The number of ether oxygens (including phenoxy) is 1. The Hall–Kier alpha value is -2.11. The van der Waals surface area contributed by atoms with Crippen molar-refractivity contribution in [2.24, 2.45) is 0 Å². The minimum Gasteiger partial charge on any atom is -0.508 e. The topological polar surface area (TPSA) is 44.7 Å². The van der Waals surface area contributed by atoms with E-state index in [1.165, 1.54) is 5.56 Å². The molecule has 0 unspecified atom stereocenters. The summed E-state index contributed by atoms with van der Waals surface area (Å²) in [5, 5.41) is 14.2. The summed E-state index contributed by atoms with van der Waals surface area (Å²) in [7, 11) is 0. The first-order valence-corrected chi connectivity index (χ1v) is 9.45. The number of nitrogens with zero attached hydrogens (tertiary/aromatic N) is 1. The van der Waals surface area contributed by atoms with Gasteiger partial charge in [-0.25, -0.2) is 0 Å². The molecule has 5 heteroatoms. The molecule has 1 heterocycles. The van der Waals surface area contributed by atoms with Crippen LogP contribution in [0.15, 0.2) is 42.5 Å². The van der Waals surface area contributed by atoms with E-state index >= 15 is 0 Å². The van der Waals surface area contributed by atoms with Crippen LogP contribution < -0.4 is 5.32 Å². The molecule has 1 atom stereocenters. The smallest absolute Gasteiger partial charge is 0.173 e. The van der Waals surface area contributed by atoms with Crippen molar-refractivity contribution in [2.45, 2.75) is 39.3 Å². The van der Waals surface area contributed by atoms with Gasteiger partial charge in [-0.05, 0) is 62.2 Å². The molecular formula is C21H26N2O2S. The summed E-state index contributed by atoms with van der Waals surface area (Å²) in [4.78, 5) is 2.09. The summed E-state index contributed by atoms with van der Waals surface area (Å²) >= 11 is 5.72. The van der Waals surface area contributed by atoms with Gasteiger partial charge in [-0.2, -0.15) is 0 Å². The van der Waals surface area contributed by atoms with Gasteiger partial charge in [-0.3, -0.25) is 0 Å². The molecule has 4 nitrogen and oxygen atoms in total. The van der Waals surface area contributed by atoms with Crippen LogP contribution in [-0.4, -0.2) is 34.4 Å². The van der Waals surface area contributed by atoms with E-state index in [9.17, 15) is 5.11 Å². The number of nitrogens with one attached hydrogen (secondary N) is 1. The quantitative estimate of drug-likeness (QED) is 0.765. The van der Waals surface area contributed by atoms with Crippen LogP contribution in [0.25, 0.3) is 0 Å². The van der Waals surface area contributed by atoms with E-state index < -0.39 is 0 Å². The number of para-hydroxylation sites is 1. The van der Waals surface area contributed by atoms with Gasteiger partial charge in [0.25, 0.3) is 0 Å². The third kappa shape index (κ3) is 4.74. The number of benzene rings is 2. The zero-order chi connectivity index (χ0) is 18.5. The molecule has 2 aromatic rings. The average molecular weight is 371 g/mol. The molecule has 0 bridgehead atoms. The van der Waals surface area contributed by atoms with E-state index in [-0.39, 0.29) is 6.10 Å². The van der Waals surface area contributed by atoms with Crippen LogP contribution in [0.5, 0.6) is 5.75 Å². The summed E-state index contributed by atoms with van der Waals surface area (Å²) in [6.07, 6.45) is 2.31. The second kappa shape index (κ2) is 8.52. The predicted octanol–water partition coefficient (Wildman–Crippen LogP) is 4.39. The summed E-state index contributed by atoms with van der Waals surface area (Å²) in [6.45, 7) is 6.21. The van der Waals surface area contributed by atoms with E-state index in [1.807, 2.05) is 18.2 Å². The van der Waals surface area contributed by atoms with E-state index in [1.54, 1.807) is 6.07 Å². The van der Waals surface area contributed by atoms with Crippen LogP contribution in [0.3, 0.4) is 0 Å². The summed E-state index contributed by atoms with van der Waals surface area (Å²) < 4.78 is 5.80. The van der Waals surface area contributed by atoms with Crippen molar-refractivity contribution in [2.75, 3.05) is 18.5 Å². The summed E-state index contributed by atoms with van der Waals surface area (Å²) in [6, 6.07) is 13.7. The Kier molecular flexibility index (Phi) is 6.12. The normalized spacial score (nSPS) is 16.5. The van der Waals surface area contributed by atoms with E-state index in [4.69, 9.17) is 17.0 Å². The van der Waals surface area contributed by atoms with Gasteiger partial charge in [-0.15, -0.1) is 0 Å². The van der Waals surface area contributed by atoms with Gasteiger partial charge in [0.05, 0.1) is 6.10 Å². The van der Waals surface area contributed by atoms with E-state index in [0.29, 0.717) is 24.0 Å². The molecule has 0 aromatic heterocycles. The van der Waals surface area contributed by atoms with Crippen molar-refractivity contribution in [3.8, 4) is 5.75 Å². The number of thiocarbonyl (C=S) groups is 1. The second-order valence-electron chi connectivity index (χ2n) is 6.89. The highest BCUT2D eigenvalue weighted by molar-refractivity contribution is 7.80. The first-order valence-electron chi connectivity index (χ1n) is 9.04. The number of rotatable bonds is 5. The van der Waals surface area contributed by atoms with Crippen molar-refractivity contribution in [1.29, 1.82) is 0 Å². The Bertz CT molecular complexity index is 772. The molecule has 2 aromatic carbocycles. The number of anilines is 1. The maximum absolute atomic E-state index is 10.2. The Morgan fingerprint density at radius 3 is 2.81 bits per heavy atom. The van der Waals surface area contributed by atoms with Gasteiger partial charge in [-0.1, -0.05) is 30.3 Å². The van der Waals surface area contributed by atoms with Crippen LogP contribution >= 0.6 is 12.2 Å². The number of hydrogen-bond acceptors (Lipinski definition) is 3. The van der Waals surface area contributed by atoms with Crippen LogP contribution in [0, 0.1) is 13.8 Å². The van der Waals surface area contributed by atoms with Crippen LogP contribution in [0.1, 0.15) is 29.5 Å². The van der Waals surface area contributed by atoms with Crippen molar-refractivity contribution < 1.29 is 9.84 Å². The lowest BCUT2D eigenvalue weighted by molar-refractivity contribution is 0.0903. The summed E-state index contributed by atoms with van der Waals surface area (Å²) in [5.41, 5.74) is 4.21. The van der Waals surface area contributed by atoms with Crippen molar-refractivity contribution in [1.82, 2.24) is 4.90 Å². The maximum Gasteiger partial charge on any atom is 0.173 e. The zero-order valence-electron chi connectivity index (χ0n) is 15.4. The van der Waals surface area contributed by atoms with E-state index in [0.717, 1.165) is 36.3 Å². The molecule has 1 fully saturated rings. The molecule has 1 aliphatic heterocycles. The molecule has 1 saturated heterocycles. The Morgan fingerprint density at radius 1 is 1.27 bits per heavy atom. The molecule has 0 spiro atoms. The standard InChI is InChI=1S/C21H26N2O2S/c1-15-9-10-16(2)19(12-15)22-21(26)23(14-18-7-5-11-25-18)13-17-6-3-4-8-20(17)24/h3-4,6,8-10,12,18,24H,5,7,11,13-14H2,1-2H3,(H,22,26)/t18-/m1/s1. The molecule has 1 aliphatic rings. The Morgan fingerprint density at radius 2 is 2.08 bits per heavy atom.